The normalized spacial score (nSPS) is 18.4. The summed E-state index contributed by atoms with van der Waals surface area (Å²) in [5, 5.41) is 24.3. The Balaban J connectivity index is 0.000000468. The van der Waals surface area contributed by atoms with Crippen LogP contribution in [0.5, 0.6) is 0 Å². The average Bonchev–Trinajstić information content (AvgIpc) is 3.99. The zero-order valence-electron chi connectivity index (χ0n) is 38.4. The Kier molecular flexibility index (Phi) is 27.2. The highest BCUT2D eigenvalue weighted by Crippen LogP contribution is 2.32. The molecule has 4 rings (SSSR count). The largest absolute Gasteiger partial charge is 0.515 e. The number of alkyl halides is 6. The third-order valence-electron chi connectivity index (χ3n) is 9.35. The van der Waals surface area contributed by atoms with Gasteiger partial charge in [0, 0.05) is 44.8 Å². The van der Waals surface area contributed by atoms with Crippen LogP contribution in [0.1, 0.15) is 85.6 Å². The molecular weight excluding hydrogens is 1010 g/mol. The van der Waals surface area contributed by atoms with Crippen molar-refractivity contribution in [1.82, 2.24) is 25.3 Å². The number of urea groups is 1. The van der Waals surface area contributed by atoms with Gasteiger partial charge in [-0.05, 0) is 168 Å². The van der Waals surface area contributed by atoms with E-state index >= 15 is 0 Å². The van der Waals surface area contributed by atoms with Crippen molar-refractivity contribution >= 4 is 113 Å². The number of amides is 5. The Bertz CT molecular complexity index is 1760. The van der Waals surface area contributed by atoms with Crippen LogP contribution in [0.25, 0.3) is 0 Å². The van der Waals surface area contributed by atoms with E-state index in [1.807, 2.05) is 71.9 Å². The Morgan fingerprint density at radius 3 is 1.70 bits per heavy atom. The monoisotopic (exact) mass is 1070 g/mol. The number of benzene rings is 1. The summed E-state index contributed by atoms with van der Waals surface area (Å²) in [7, 11) is -1.67. The molecule has 3 heterocycles. The fourth-order valence-electron chi connectivity index (χ4n) is 6.56. The molecule has 3 fully saturated rings. The zero-order valence-corrected chi connectivity index (χ0v) is 42.9. The summed E-state index contributed by atoms with van der Waals surface area (Å²) in [5.41, 5.74) is 5.56. The minimum Gasteiger partial charge on any atom is -0.444 e. The van der Waals surface area contributed by atoms with Crippen molar-refractivity contribution in [1.29, 1.82) is 0 Å². The number of halogens is 6. The first-order valence-electron chi connectivity index (χ1n) is 21.1. The average molecular weight is 1070 g/mol. The van der Waals surface area contributed by atoms with Gasteiger partial charge in [0.25, 0.3) is 0 Å². The molecule has 0 spiro atoms. The smallest absolute Gasteiger partial charge is 0.444 e. The van der Waals surface area contributed by atoms with Gasteiger partial charge in [-0.25, -0.2) is 29.0 Å². The summed E-state index contributed by atoms with van der Waals surface area (Å²) in [5.74, 6) is -0.964. The summed E-state index contributed by atoms with van der Waals surface area (Å²) < 4.78 is 14.1. The second-order valence-electron chi connectivity index (χ2n) is 17.0. The number of aliphatic imine (C=N–C) groups is 1. The first kappa shape index (κ1) is 61.6. The van der Waals surface area contributed by atoms with Crippen LogP contribution >= 0.6 is 69.6 Å². The molecule has 4 atom stereocenters. The maximum Gasteiger partial charge on any atom is 0.515 e. The topological polar surface area (TPSA) is 252 Å². The van der Waals surface area contributed by atoms with Gasteiger partial charge < -0.3 is 60.1 Å². The number of rotatable bonds is 10. The second-order valence-corrected chi connectivity index (χ2v) is 21.4. The van der Waals surface area contributed by atoms with E-state index in [1.54, 1.807) is 14.7 Å². The van der Waals surface area contributed by atoms with Crippen molar-refractivity contribution in [3.63, 3.8) is 0 Å². The zero-order chi connectivity index (χ0) is 51.2. The molecule has 5 amide bonds. The quantitative estimate of drug-likeness (QED) is 0.0303. The lowest BCUT2D eigenvalue weighted by molar-refractivity contribution is -0.126. The summed E-state index contributed by atoms with van der Waals surface area (Å²) >= 11 is 30.2. The Morgan fingerprint density at radius 2 is 1.27 bits per heavy atom. The van der Waals surface area contributed by atoms with Gasteiger partial charge in [-0.3, -0.25) is 4.79 Å². The number of isocyanates is 1. The molecule has 0 bridgehead atoms. The first-order valence-corrected chi connectivity index (χ1v) is 23.4. The minimum atomic E-state index is -2.24. The highest BCUT2D eigenvalue weighted by atomic mass is 35.6. The summed E-state index contributed by atoms with van der Waals surface area (Å²) in [6, 6.07) is 8.86. The molecular formula is C41H62BCl6N7O12. The molecule has 378 valence electrons. The van der Waals surface area contributed by atoms with E-state index in [1.165, 1.54) is 12.2 Å². The highest BCUT2D eigenvalue weighted by molar-refractivity contribution is 6.67. The third-order valence-corrected chi connectivity index (χ3v) is 9.82. The maximum absolute atomic E-state index is 12.1. The van der Waals surface area contributed by atoms with Crippen LogP contribution in [0.2, 0.25) is 0 Å². The summed E-state index contributed by atoms with van der Waals surface area (Å²) in [6.45, 7) is 17.9. The fraction of sp³-hybridized carbons (Fsp3) is 0.659. The van der Waals surface area contributed by atoms with Crippen molar-refractivity contribution in [2.24, 2.45) is 10.7 Å². The molecule has 67 heavy (non-hydrogen) atoms. The number of nitrogens with two attached hydrogens (primary N) is 1. The van der Waals surface area contributed by atoms with Gasteiger partial charge in [0.1, 0.15) is 11.2 Å². The van der Waals surface area contributed by atoms with Gasteiger partial charge in [-0.15, -0.1) is 0 Å². The van der Waals surface area contributed by atoms with E-state index in [9.17, 15) is 38.8 Å². The molecule has 26 heteroatoms. The van der Waals surface area contributed by atoms with Crippen LogP contribution in [-0.2, 0) is 35.0 Å². The number of hydrogen-bond donors (Lipinski definition) is 5. The summed E-state index contributed by atoms with van der Waals surface area (Å²) in [6.07, 6.45) is 6.64. The molecule has 0 radical (unpaired) electrons. The second kappa shape index (κ2) is 29.6. The number of likely N-dealkylation sites (tertiary alicyclic amines) is 3. The predicted octanol–water partition coefficient (Wildman–Crippen LogP) is 6.95. The number of carbonyl (C=O) groups excluding carboxylic acids is 6. The Hall–Kier alpha value is -3.43. The van der Waals surface area contributed by atoms with Crippen molar-refractivity contribution < 1.29 is 57.8 Å². The first-order chi connectivity index (χ1) is 31.0. The van der Waals surface area contributed by atoms with Crippen molar-refractivity contribution in [3.05, 3.63) is 48.6 Å². The molecule has 0 unspecified atom stereocenters. The molecule has 6 N–H and O–H groups in total. The molecule has 1 aromatic rings. The number of ether oxygens (including phenoxy) is 4. The van der Waals surface area contributed by atoms with Gasteiger partial charge in [0.05, 0.1) is 18.5 Å². The lowest BCUT2D eigenvalue weighted by Gasteiger charge is -2.27. The Morgan fingerprint density at radius 1 is 0.806 bits per heavy atom. The van der Waals surface area contributed by atoms with Crippen molar-refractivity contribution in [2.45, 2.75) is 130 Å². The number of carbonyl (C=O) groups is 5. The number of nitrogens with one attached hydrogen (secondary N) is 2. The van der Waals surface area contributed by atoms with E-state index in [4.69, 9.17) is 84.8 Å². The molecule has 3 aliphatic rings. The Labute approximate surface area is 422 Å². The van der Waals surface area contributed by atoms with Gasteiger partial charge in [-0.2, -0.15) is 0 Å². The lowest BCUT2D eigenvalue weighted by Crippen LogP contribution is -2.53. The van der Waals surface area contributed by atoms with Crippen LogP contribution in [-0.4, -0.2) is 151 Å². The van der Waals surface area contributed by atoms with Gasteiger partial charge in [0.15, 0.2) is 0 Å². The van der Waals surface area contributed by atoms with Crippen LogP contribution in [0, 0.1) is 0 Å². The van der Waals surface area contributed by atoms with Crippen LogP contribution in [0.15, 0.2) is 48.0 Å². The van der Waals surface area contributed by atoms with Crippen LogP contribution < -0.4 is 16.4 Å². The van der Waals surface area contributed by atoms with Gasteiger partial charge in [-0.1, -0.05) is 36.9 Å². The predicted molar refractivity (Wildman–Crippen MR) is 258 cm³/mol. The van der Waals surface area contributed by atoms with E-state index in [-0.39, 0.29) is 36.2 Å². The molecule has 0 saturated carbocycles. The van der Waals surface area contributed by atoms with Crippen LogP contribution in [0.3, 0.4) is 0 Å². The van der Waals surface area contributed by atoms with Gasteiger partial charge >= 0.3 is 39.4 Å². The van der Waals surface area contributed by atoms with Crippen molar-refractivity contribution in [3.8, 4) is 0 Å². The molecule has 1 aromatic carbocycles. The summed E-state index contributed by atoms with van der Waals surface area (Å²) in [4.78, 5) is 76.5. The van der Waals surface area contributed by atoms with Crippen molar-refractivity contribution in [2.75, 3.05) is 39.3 Å². The van der Waals surface area contributed by atoms with E-state index in [0.717, 1.165) is 50.6 Å². The molecule has 19 nitrogen and oxygen atoms in total. The molecule has 0 aromatic heterocycles. The SMILES string of the molecule is C=CC(=O)N1CCC[C@@H]1CNC(=O)N[C@@H](Cc1ccccc1)B(O)O.CC(C)(C)OC(=O)N1CCC[C@@H]1CN.CC(C)(C)OC(=O)N1CCC[C@@H]1CN=C=O.O=C(OC(Cl)(Cl)Cl)OC(Cl)(Cl)Cl. The third kappa shape index (κ3) is 27.4. The van der Waals surface area contributed by atoms with E-state index in [2.05, 4.69) is 31.7 Å². The minimum absolute atomic E-state index is 0.0173. The fourth-order valence-corrected chi connectivity index (χ4v) is 6.94. The van der Waals surface area contributed by atoms with Gasteiger partial charge in [0.2, 0.25) is 12.0 Å². The molecule has 3 saturated heterocycles. The maximum atomic E-state index is 12.1. The lowest BCUT2D eigenvalue weighted by atomic mass is 9.76. The molecule has 0 aliphatic carbocycles. The van der Waals surface area contributed by atoms with Crippen LogP contribution in [0.4, 0.5) is 19.2 Å². The highest BCUT2D eigenvalue weighted by Gasteiger charge is 2.35. The van der Waals surface area contributed by atoms with E-state index in [0.29, 0.717) is 39.1 Å². The number of nitrogens with zero attached hydrogens (tertiary/aromatic N) is 4. The molecule has 3 aliphatic heterocycles. The standard InChI is InChI=1S/C17H24BN3O4.C11H18N2O3.C10H20N2O2.C3Cl6O3/c1-2-16(22)21-10-6-9-14(21)12-19-17(23)20-15(18(24)25)11-13-7-4-3-5-8-13;1-11(2,3)16-10(15)13-6-4-5-9(13)7-12-8-14;1-10(2,3)14-9(13)12-6-4-5-8(12)7-11;4-2(5,6)11-1(10)12-3(7,8)9/h2-5,7-8,14-15,24-25H,1,6,9-12H2,(H2,19,20,23);9H,4-7H2,1-3H3;8H,4-7,11H2,1-3H3;/t14-,15+;9-;8-;/m111./s1. The number of hydrogen-bond acceptors (Lipinski definition) is 14. The van der Waals surface area contributed by atoms with E-state index < -0.39 is 44.4 Å².